The van der Waals surface area contributed by atoms with Crippen LogP contribution in [0.5, 0.6) is 0 Å². The Morgan fingerprint density at radius 1 is 1.67 bits per heavy atom. The van der Waals surface area contributed by atoms with E-state index in [-0.39, 0.29) is 22.4 Å². The summed E-state index contributed by atoms with van der Waals surface area (Å²) in [5.41, 5.74) is -0.180. The lowest BCUT2D eigenvalue weighted by molar-refractivity contribution is -0.384. The van der Waals surface area contributed by atoms with E-state index < -0.39 is 10.7 Å². The van der Waals surface area contributed by atoms with Crippen LogP contribution in [-0.2, 0) is 0 Å². The highest BCUT2D eigenvalue weighted by Gasteiger charge is 2.19. The molecule has 0 aliphatic heterocycles. The van der Waals surface area contributed by atoms with Gasteiger partial charge in [-0.3, -0.25) is 10.1 Å². The number of hydrogen-bond donors (Lipinski definition) is 1. The Labute approximate surface area is 109 Å². The average Bonchev–Trinajstić information content (AvgIpc) is 2.32. The number of nitrogens with one attached hydrogen (secondary N) is 1. The Morgan fingerprint density at radius 3 is 2.83 bits per heavy atom. The van der Waals surface area contributed by atoms with E-state index in [0.717, 1.165) is 6.07 Å². The highest BCUT2D eigenvalue weighted by Crippen LogP contribution is 2.31. The first-order valence-electron chi connectivity index (χ1n) is 5.33. The Morgan fingerprint density at radius 2 is 2.33 bits per heavy atom. The molecule has 0 bridgehead atoms. The van der Waals surface area contributed by atoms with Crippen LogP contribution < -0.4 is 5.32 Å². The molecule has 1 aromatic rings. The molecular weight excluding hydrogens is 259 g/mol. The van der Waals surface area contributed by atoms with Crippen molar-refractivity contribution in [2.45, 2.75) is 25.8 Å². The van der Waals surface area contributed by atoms with Gasteiger partial charge in [-0.25, -0.2) is 4.39 Å². The number of anilines is 1. The van der Waals surface area contributed by atoms with Gasteiger partial charge in [0, 0.05) is 12.5 Å². The molecule has 0 saturated heterocycles. The second-order valence-electron chi connectivity index (χ2n) is 3.70. The summed E-state index contributed by atoms with van der Waals surface area (Å²) in [7, 11) is 0. The normalized spacial score (nSPS) is 11.7. The van der Waals surface area contributed by atoms with Gasteiger partial charge in [-0.1, -0.05) is 18.5 Å². The van der Waals surface area contributed by atoms with Crippen molar-refractivity contribution in [3.8, 4) is 12.3 Å². The SMILES string of the molecule is C#CCC(CC)Nc1cc(Cl)c(F)cc1[N+](=O)[O-]. The first-order valence-corrected chi connectivity index (χ1v) is 5.70. The van der Waals surface area contributed by atoms with E-state index in [2.05, 4.69) is 11.2 Å². The number of benzene rings is 1. The molecule has 1 rings (SSSR count). The molecule has 1 N–H and O–H groups in total. The van der Waals surface area contributed by atoms with Gasteiger partial charge in [0.15, 0.2) is 0 Å². The number of nitro benzene ring substituents is 1. The summed E-state index contributed by atoms with van der Waals surface area (Å²) in [6, 6.07) is 1.89. The Hall–Kier alpha value is -1.80. The number of nitro groups is 1. The van der Waals surface area contributed by atoms with E-state index in [1.807, 2.05) is 6.92 Å². The van der Waals surface area contributed by atoms with E-state index in [0.29, 0.717) is 12.8 Å². The molecule has 0 aliphatic carbocycles. The Bertz CT molecular complexity index is 500. The third kappa shape index (κ3) is 3.34. The predicted octanol–water partition coefficient (Wildman–Crippen LogP) is 3.60. The molecule has 18 heavy (non-hydrogen) atoms. The van der Waals surface area contributed by atoms with Crippen molar-refractivity contribution in [1.82, 2.24) is 0 Å². The highest BCUT2D eigenvalue weighted by molar-refractivity contribution is 6.31. The predicted molar refractivity (Wildman–Crippen MR) is 69.2 cm³/mol. The zero-order valence-electron chi connectivity index (χ0n) is 9.74. The van der Waals surface area contributed by atoms with E-state index in [1.54, 1.807) is 0 Å². The maximum absolute atomic E-state index is 13.2. The molecule has 1 atom stereocenters. The largest absolute Gasteiger partial charge is 0.376 e. The minimum Gasteiger partial charge on any atom is -0.376 e. The second kappa shape index (κ2) is 6.22. The van der Waals surface area contributed by atoms with Gasteiger partial charge < -0.3 is 5.32 Å². The maximum Gasteiger partial charge on any atom is 0.295 e. The van der Waals surface area contributed by atoms with E-state index in [9.17, 15) is 14.5 Å². The molecule has 0 heterocycles. The minimum atomic E-state index is -0.820. The summed E-state index contributed by atoms with van der Waals surface area (Å²) in [6.07, 6.45) is 6.31. The van der Waals surface area contributed by atoms with Gasteiger partial charge in [0.1, 0.15) is 11.5 Å². The van der Waals surface area contributed by atoms with Crippen molar-refractivity contribution < 1.29 is 9.31 Å². The summed E-state index contributed by atoms with van der Waals surface area (Å²) >= 11 is 5.62. The number of nitrogens with zero attached hydrogens (tertiary/aromatic N) is 1. The van der Waals surface area contributed by atoms with Crippen molar-refractivity contribution >= 4 is 23.0 Å². The number of halogens is 2. The van der Waals surface area contributed by atoms with Gasteiger partial charge in [-0.05, 0) is 12.5 Å². The number of terminal acetylenes is 1. The molecule has 96 valence electrons. The molecule has 0 fully saturated rings. The Kier molecular flexibility index (Phi) is 4.93. The molecular formula is C12H12ClFN2O2. The smallest absolute Gasteiger partial charge is 0.295 e. The number of rotatable bonds is 5. The second-order valence-corrected chi connectivity index (χ2v) is 4.11. The molecule has 1 aromatic carbocycles. The van der Waals surface area contributed by atoms with E-state index in [1.165, 1.54) is 6.07 Å². The van der Waals surface area contributed by atoms with Gasteiger partial charge in [0.05, 0.1) is 16.0 Å². The first kappa shape index (κ1) is 14.3. The van der Waals surface area contributed by atoms with Crippen molar-refractivity contribution in [3.05, 3.63) is 33.1 Å². The van der Waals surface area contributed by atoms with Crippen molar-refractivity contribution in [2.75, 3.05) is 5.32 Å². The molecule has 0 spiro atoms. The summed E-state index contributed by atoms with van der Waals surface area (Å²) in [6.45, 7) is 1.89. The van der Waals surface area contributed by atoms with Gasteiger partial charge in [-0.2, -0.15) is 0 Å². The molecule has 0 radical (unpaired) electrons. The molecule has 6 heteroatoms. The van der Waals surface area contributed by atoms with Crippen LogP contribution in [0.15, 0.2) is 12.1 Å². The summed E-state index contributed by atoms with van der Waals surface area (Å²) in [4.78, 5) is 10.2. The van der Waals surface area contributed by atoms with Crippen LogP contribution in [0.25, 0.3) is 0 Å². The highest BCUT2D eigenvalue weighted by atomic mass is 35.5. The summed E-state index contributed by atoms with van der Waals surface area (Å²) in [5.74, 6) is 1.65. The van der Waals surface area contributed by atoms with Crippen LogP contribution in [0.2, 0.25) is 5.02 Å². The van der Waals surface area contributed by atoms with Crippen molar-refractivity contribution in [3.63, 3.8) is 0 Å². The topological polar surface area (TPSA) is 55.2 Å². The van der Waals surface area contributed by atoms with Gasteiger partial charge in [0.25, 0.3) is 5.69 Å². The Balaban J connectivity index is 3.10. The lowest BCUT2D eigenvalue weighted by Gasteiger charge is -2.16. The van der Waals surface area contributed by atoms with E-state index >= 15 is 0 Å². The average molecular weight is 271 g/mol. The van der Waals surface area contributed by atoms with Gasteiger partial charge >= 0.3 is 0 Å². The van der Waals surface area contributed by atoms with Crippen LogP contribution in [0.4, 0.5) is 15.8 Å². The van der Waals surface area contributed by atoms with Crippen LogP contribution in [0, 0.1) is 28.3 Å². The fourth-order valence-electron chi connectivity index (χ4n) is 1.46. The van der Waals surface area contributed by atoms with Gasteiger partial charge in [-0.15, -0.1) is 12.3 Å². The molecule has 0 aliphatic rings. The standard InChI is InChI=1S/C12H12ClFN2O2/c1-3-5-8(4-2)15-11-6-9(13)10(14)7-12(11)16(17)18/h1,6-8,15H,4-5H2,2H3. The first-order chi connectivity index (χ1) is 8.49. The summed E-state index contributed by atoms with van der Waals surface area (Å²) in [5, 5.41) is 13.6. The third-order valence-corrected chi connectivity index (χ3v) is 2.74. The fourth-order valence-corrected chi connectivity index (χ4v) is 1.63. The van der Waals surface area contributed by atoms with Crippen molar-refractivity contribution in [1.29, 1.82) is 0 Å². The quantitative estimate of drug-likeness (QED) is 0.505. The van der Waals surface area contributed by atoms with Crippen molar-refractivity contribution in [2.24, 2.45) is 0 Å². The zero-order valence-corrected chi connectivity index (χ0v) is 10.5. The lowest BCUT2D eigenvalue weighted by Crippen LogP contribution is -2.18. The zero-order chi connectivity index (χ0) is 13.7. The molecule has 1 unspecified atom stereocenters. The van der Waals surface area contributed by atoms with Crippen LogP contribution in [-0.4, -0.2) is 11.0 Å². The minimum absolute atomic E-state index is 0.116. The number of hydrogen-bond acceptors (Lipinski definition) is 3. The fraction of sp³-hybridized carbons (Fsp3) is 0.333. The lowest BCUT2D eigenvalue weighted by atomic mass is 10.1. The van der Waals surface area contributed by atoms with E-state index in [4.69, 9.17) is 18.0 Å². The monoisotopic (exact) mass is 270 g/mol. The molecule has 4 nitrogen and oxygen atoms in total. The van der Waals surface area contributed by atoms with Crippen LogP contribution in [0.3, 0.4) is 0 Å². The third-order valence-electron chi connectivity index (χ3n) is 2.45. The van der Waals surface area contributed by atoms with Gasteiger partial charge in [0.2, 0.25) is 0 Å². The summed E-state index contributed by atoms with van der Waals surface area (Å²) < 4.78 is 13.2. The maximum atomic E-state index is 13.2. The molecule has 0 amide bonds. The van der Waals surface area contributed by atoms with Crippen LogP contribution in [0.1, 0.15) is 19.8 Å². The molecule has 0 aromatic heterocycles. The van der Waals surface area contributed by atoms with Crippen LogP contribution >= 0.6 is 11.6 Å². The molecule has 0 saturated carbocycles.